The van der Waals surface area contributed by atoms with Gasteiger partial charge in [-0.1, -0.05) is 41.1 Å². The number of carbonyl (C=O) groups is 1. The van der Waals surface area contributed by atoms with E-state index in [2.05, 4.69) is 20.3 Å². The third kappa shape index (κ3) is 4.03. The number of aliphatic hydroxyl groups is 1. The van der Waals surface area contributed by atoms with Crippen LogP contribution < -0.4 is 0 Å². The molecule has 0 bridgehead atoms. The van der Waals surface area contributed by atoms with Crippen molar-refractivity contribution in [3.8, 4) is 17.1 Å². The quantitative estimate of drug-likeness (QED) is 0.486. The van der Waals surface area contributed by atoms with Gasteiger partial charge in [0.2, 0.25) is 11.7 Å². The molecule has 3 heterocycles. The fourth-order valence-corrected chi connectivity index (χ4v) is 4.31. The normalized spacial score (nSPS) is 15.8. The number of aryl methyl sites for hydroxylation is 1. The van der Waals surface area contributed by atoms with Gasteiger partial charge in [-0.05, 0) is 43.9 Å². The van der Waals surface area contributed by atoms with E-state index in [0.717, 1.165) is 29.5 Å². The van der Waals surface area contributed by atoms with Gasteiger partial charge in [-0.2, -0.15) is 20.0 Å². The molecule has 168 valence electrons. The lowest BCUT2D eigenvalue weighted by molar-refractivity contribution is 0.0709. The van der Waals surface area contributed by atoms with Gasteiger partial charge in [0, 0.05) is 18.7 Å². The summed E-state index contributed by atoms with van der Waals surface area (Å²) in [5.41, 5.74) is 3.91. The highest BCUT2D eigenvalue weighted by Gasteiger charge is 2.36. The predicted molar refractivity (Wildman–Crippen MR) is 120 cm³/mol. The molecule has 4 aromatic rings. The summed E-state index contributed by atoms with van der Waals surface area (Å²) in [6.45, 7) is 2.59. The van der Waals surface area contributed by atoms with E-state index in [1.54, 1.807) is 17.3 Å². The van der Waals surface area contributed by atoms with Crippen LogP contribution in [0.4, 0.5) is 0 Å². The molecule has 1 saturated heterocycles. The molecule has 9 heteroatoms. The van der Waals surface area contributed by atoms with Crippen molar-refractivity contribution in [2.24, 2.45) is 0 Å². The molecule has 1 unspecified atom stereocenters. The maximum atomic E-state index is 13.7. The molecule has 1 fully saturated rings. The minimum Gasteiger partial charge on any atom is -0.396 e. The molecule has 5 rings (SSSR count). The number of benzene rings is 2. The van der Waals surface area contributed by atoms with Crippen LogP contribution in [-0.2, 0) is 6.42 Å². The Balaban J connectivity index is 1.46. The van der Waals surface area contributed by atoms with E-state index in [0.29, 0.717) is 35.9 Å². The molecule has 0 spiro atoms. The van der Waals surface area contributed by atoms with Crippen molar-refractivity contribution < 1.29 is 14.4 Å². The first kappa shape index (κ1) is 21.0. The number of nitrogens with zero attached hydrogens (tertiary/aromatic N) is 6. The smallest absolute Gasteiger partial charge is 0.256 e. The minimum absolute atomic E-state index is 0.0383. The second-order valence-electron chi connectivity index (χ2n) is 8.08. The number of hydrogen-bond acceptors (Lipinski definition) is 7. The molecular formula is C24H24N6O3. The highest BCUT2D eigenvalue weighted by atomic mass is 16.5. The first-order valence-electron chi connectivity index (χ1n) is 11.0. The highest BCUT2D eigenvalue weighted by Crippen LogP contribution is 2.34. The van der Waals surface area contributed by atoms with Crippen molar-refractivity contribution in [2.45, 2.75) is 32.2 Å². The number of amides is 1. The SMILES string of the molecule is Cc1ccc(-n2nccn2)c(C(=O)N2CCCC2c2nc(-c3ccccc3CCO)no2)c1. The number of carbonyl (C=O) groups excluding carboxylic acids is 1. The molecule has 2 aromatic heterocycles. The molecule has 1 aliphatic heterocycles. The molecule has 0 radical (unpaired) electrons. The van der Waals surface area contributed by atoms with Crippen molar-refractivity contribution >= 4 is 5.91 Å². The summed E-state index contributed by atoms with van der Waals surface area (Å²) in [5, 5.41) is 21.9. The average Bonchev–Trinajstić information content (AvgIpc) is 3.60. The van der Waals surface area contributed by atoms with Crippen LogP contribution in [0, 0.1) is 6.92 Å². The zero-order valence-corrected chi connectivity index (χ0v) is 18.3. The number of hydrogen-bond donors (Lipinski definition) is 1. The average molecular weight is 444 g/mol. The van der Waals surface area contributed by atoms with Crippen LogP contribution in [0.3, 0.4) is 0 Å². The van der Waals surface area contributed by atoms with Gasteiger partial charge < -0.3 is 14.5 Å². The van der Waals surface area contributed by atoms with Gasteiger partial charge in [-0.3, -0.25) is 4.79 Å². The molecule has 1 aliphatic rings. The lowest BCUT2D eigenvalue weighted by Gasteiger charge is -2.23. The van der Waals surface area contributed by atoms with Crippen LogP contribution in [0.25, 0.3) is 17.1 Å². The monoisotopic (exact) mass is 444 g/mol. The van der Waals surface area contributed by atoms with Crippen molar-refractivity contribution in [1.82, 2.24) is 30.0 Å². The van der Waals surface area contributed by atoms with E-state index in [1.807, 2.05) is 49.4 Å². The maximum Gasteiger partial charge on any atom is 0.256 e. The molecule has 2 aromatic carbocycles. The van der Waals surface area contributed by atoms with Crippen LogP contribution >= 0.6 is 0 Å². The van der Waals surface area contributed by atoms with Gasteiger partial charge in [0.25, 0.3) is 5.91 Å². The number of aromatic nitrogens is 5. The third-order valence-corrected chi connectivity index (χ3v) is 5.90. The Morgan fingerprint density at radius 3 is 2.82 bits per heavy atom. The van der Waals surface area contributed by atoms with E-state index >= 15 is 0 Å². The topological polar surface area (TPSA) is 110 Å². The Morgan fingerprint density at radius 2 is 2.00 bits per heavy atom. The van der Waals surface area contributed by atoms with Gasteiger partial charge in [-0.15, -0.1) is 0 Å². The predicted octanol–water partition coefficient (Wildman–Crippen LogP) is 3.14. The lowest BCUT2D eigenvalue weighted by Crippen LogP contribution is -2.31. The van der Waals surface area contributed by atoms with E-state index in [1.165, 1.54) is 4.80 Å². The Labute approximate surface area is 190 Å². The summed E-state index contributed by atoms with van der Waals surface area (Å²) in [5.74, 6) is 0.764. The summed E-state index contributed by atoms with van der Waals surface area (Å²) < 4.78 is 5.63. The molecule has 1 N–H and O–H groups in total. The zero-order valence-electron chi connectivity index (χ0n) is 18.3. The van der Waals surface area contributed by atoms with Gasteiger partial charge in [0.05, 0.1) is 23.6 Å². The summed E-state index contributed by atoms with van der Waals surface area (Å²) >= 11 is 0. The summed E-state index contributed by atoms with van der Waals surface area (Å²) in [4.78, 5) is 21.5. The van der Waals surface area contributed by atoms with Crippen molar-refractivity contribution in [1.29, 1.82) is 0 Å². The van der Waals surface area contributed by atoms with E-state index in [-0.39, 0.29) is 18.6 Å². The summed E-state index contributed by atoms with van der Waals surface area (Å²) in [6.07, 6.45) is 5.26. The molecule has 9 nitrogen and oxygen atoms in total. The molecule has 1 amide bonds. The summed E-state index contributed by atoms with van der Waals surface area (Å²) in [7, 11) is 0. The van der Waals surface area contributed by atoms with Gasteiger partial charge in [0.1, 0.15) is 6.04 Å². The second-order valence-corrected chi connectivity index (χ2v) is 8.08. The summed E-state index contributed by atoms with van der Waals surface area (Å²) in [6, 6.07) is 13.0. The number of aliphatic hydroxyl groups excluding tert-OH is 1. The van der Waals surface area contributed by atoms with Gasteiger partial charge >= 0.3 is 0 Å². The fourth-order valence-electron chi connectivity index (χ4n) is 4.31. The molecular weight excluding hydrogens is 420 g/mol. The van der Waals surface area contributed by atoms with Crippen LogP contribution in [0.1, 0.15) is 46.3 Å². The number of rotatable bonds is 6. The van der Waals surface area contributed by atoms with Crippen molar-refractivity contribution in [3.05, 3.63) is 77.4 Å². The van der Waals surface area contributed by atoms with Crippen LogP contribution in [0.15, 0.2) is 59.4 Å². The third-order valence-electron chi connectivity index (χ3n) is 5.90. The Hall–Kier alpha value is -3.85. The Bertz CT molecular complexity index is 1270. The van der Waals surface area contributed by atoms with Crippen LogP contribution in [0.5, 0.6) is 0 Å². The molecule has 0 aliphatic carbocycles. The first-order chi connectivity index (χ1) is 16.2. The lowest BCUT2D eigenvalue weighted by atomic mass is 10.0. The zero-order chi connectivity index (χ0) is 22.8. The Morgan fingerprint density at radius 1 is 1.18 bits per heavy atom. The molecule has 1 atom stereocenters. The van der Waals surface area contributed by atoms with Crippen molar-refractivity contribution in [3.63, 3.8) is 0 Å². The first-order valence-corrected chi connectivity index (χ1v) is 11.0. The van der Waals surface area contributed by atoms with E-state index < -0.39 is 0 Å². The van der Waals surface area contributed by atoms with E-state index in [9.17, 15) is 9.90 Å². The fraction of sp³-hybridized carbons (Fsp3) is 0.292. The second kappa shape index (κ2) is 8.95. The van der Waals surface area contributed by atoms with Gasteiger partial charge in [-0.25, -0.2) is 0 Å². The van der Waals surface area contributed by atoms with Gasteiger partial charge in [0.15, 0.2) is 0 Å². The largest absolute Gasteiger partial charge is 0.396 e. The van der Waals surface area contributed by atoms with Crippen LogP contribution in [-0.4, -0.2) is 54.2 Å². The van der Waals surface area contributed by atoms with Crippen molar-refractivity contribution in [2.75, 3.05) is 13.2 Å². The molecule has 0 saturated carbocycles. The molecule has 33 heavy (non-hydrogen) atoms. The minimum atomic E-state index is -0.303. The standard InChI is InChI=1S/C24H24N6O3/c1-16-8-9-20(30-25-11-12-26-30)19(15-16)24(32)29-13-4-7-21(29)23-27-22(28-33-23)18-6-3-2-5-17(18)10-14-31/h2-3,5-6,8-9,11-12,15,21,31H,4,7,10,13-14H2,1H3. The van der Waals surface area contributed by atoms with Crippen LogP contribution in [0.2, 0.25) is 0 Å². The van der Waals surface area contributed by atoms with E-state index in [4.69, 9.17) is 4.52 Å². The maximum absolute atomic E-state index is 13.7. The number of likely N-dealkylation sites (tertiary alicyclic amines) is 1. The Kier molecular flexibility index (Phi) is 5.70. The highest BCUT2D eigenvalue weighted by molar-refractivity contribution is 5.98.